The van der Waals surface area contributed by atoms with Gasteiger partial charge in [0.25, 0.3) is 0 Å². The van der Waals surface area contributed by atoms with E-state index in [2.05, 4.69) is 158 Å². The highest BCUT2D eigenvalue weighted by atomic mass is 32.2. The molecule has 0 amide bonds. The van der Waals surface area contributed by atoms with E-state index in [1.807, 2.05) is 11.8 Å². The Labute approximate surface area is 272 Å². The minimum Gasteiger partial charge on any atom is -0.0888 e. The Kier molecular flexibility index (Phi) is 4.80. The van der Waals surface area contributed by atoms with Crippen LogP contribution in [0.5, 0.6) is 0 Å². The zero-order chi connectivity index (χ0) is 30.0. The standard InChI is InChI=1S/C45H26S/c1-2-12-29-26-39-36(25-28(29)11-1)31-15-4-7-20-38(31)45(39)37-19-6-3-14-30(37)33-17-10-18-34(44(33)45)32-24-23-27-13-9-22-41-42(27)43(32)35-16-5-8-21-40(35)46-41/h1-26H. The van der Waals surface area contributed by atoms with Crippen LogP contribution in [0.2, 0.25) is 0 Å². The van der Waals surface area contributed by atoms with Gasteiger partial charge in [-0.2, -0.15) is 0 Å². The molecular formula is C45H26S. The molecule has 0 saturated heterocycles. The first-order valence-electron chi connectivity index (χ1n) is 16.0. The van der Waals surface area contributed by atoms with Crippen molar-refractivity contribution >= 4 is 33.3 Å². The average Bonchev–Trinajstić information content (AvgIpc) is 3.58. The van der Waals surface area contributed by atoms with Crippen LogP contribution in [0.4, 0.5) is 0 Å². The van der Waals surface area contributed by atoms with Crippen LogP contribution in [0.15, 0.2) is 168 Å². The molecule has 1 heterocycles. The molecule has 0 radical (unpaired) electrons. The van der Waals surface area contributed by atoms with E-state index in [9.17, 15) is 0 Å². The van der Waals surface area contributed by atoms with Gasteiger partial charge in [0, 0.05) is 15.2 Å². The molecule has 2 aliphatic carbocycles. The topological polar surface area (TPSA) is 0 Å². The summed E-state index contributed by atoms with van der Waals surface area (Å²) in [5, 5.41) is 5.23. The molecule has 0 N–H and O–H groups in total. The van der Waals surface area contributed by atoms with Gasteiger partial charge < -0.3 is 0 Å². The van der Waals surface area contributed by atoms with Crippen LogP contribution in [-0.4, -0.2) is 0 Å². The molecule has 1 spiro atoms. The fraction of sp³-hybridized carbons (Fsp3) is 0.0222. The summed E-state index contributed by atoms with van der Waals surface area (Å²) in [6.45, 7) is 0. The molecule has 212 valence electrons. The van der Waals surface area contributed by atoms with E-state index in [0.29, 0.717) is 0 Å². The third kappa shape index (κ3) is 2.97. The molecule has 46 heavy (non-hydrogen) atoms. The van der Waals surface area contributed by atoms with Crippen molar-refractivity contribution in [1.29, 1.82) is 0 Å². The van der Waals surface area contributed by atoms with E-state index in [1.165, 1.54) is 98.1 Å². The molecule has 3 aliphatic rings. The lowest BCUT2D eigenvalue weighted by Crippen LogP contribution is -2.26. The second kappa shape index (κ2) is 8.88. The van der Waals surface area contributed by atoms with Gasteiger partial charge in [-0.3, -0.25) is 0 Å². The summed E-state index contributed by atoms with van der Waals surface area (Å²) in [4.78, 5) is 2.66. The van der Waals surface area contributed by atoms with Gasteiger partial charge in [0.2, 0.25) is 0 Å². The Morgan fingerprint density at radius 2 is 0.913 bits per heavy atom. The van der Waals surface area contributed by atoms with E-state index in [0.717, 1.165) is 0 Å². The van der Waals surface area contributed by atoms with Crippen LogP contribution in [0.1, 0.15) is 22.3 Å². The van der Waals surface area contributed by atoms with Crippen LogP contribution >= 0.6 is 11.8 Å². The minimum atomic E-state index is -0.428. The molecular weight excluding hydrogens is 573 g/mol. The number of hydrogen-bond donors (Lipinski definition) is 0. The molecule has 8 aromatic rings. The smallest absolute Gasteiger partial charge is 0.0731 e. The van der Waals surface area contributed by atoms with Crippen LogP contribution in [0, 0.1) is 0 Å². The van der Waals surface area contributed by atoms with Gasteiger partial charge in [-0.05, 0) is 107 Å². The normalized spacial score (nSPS) is 16.3. The molecule has 1 unspecified atom stereocenters. The highest BCUT2D eigenvalue weighted by molar-refractivity contribution is 7.99. The highest BCUT2D eigenvalue weighted by Gasteiger charge is 2.53. The van der Waals surface area contributed by atoms with Gasteiger partial charge in [0.15, 0.2) is 0 Å². The van der Waals surface area contributed by atoms with Crippen LogP contribution in [0.25, 0.3) is 66.1 Å². The van der Waals surface area contributed by atoms with Crippen LogP contribution < -0.4 is 0 Å². The molecule has 0 saturated carbocycles. The Morgan fingerprint density at radius 1 is 0.348 bits per heavy atom. The molecule has 0 aromatic heterocycles. The minimum absolute atomic E-state index is 0.428. The fourth-order valence-corrected chi connectivity index (χ4v) is 10.1. The maximum atomic E-state index is 2.49. The predicted octanol–water partition coefficient (Wildman–Crippen LogP) is 12.1. The van der Waals surface area contributed by atoms with Crippen molar-refractivity contribution in [3.63, 3.8) is 0 Å². The fourth-order valence-electron chi connectivity index (χ4n) is 8.92. The average molecular weight is 599 g/mol. The van der Waals surface area contributed by atoms with Gasteiger partial charge in [-0.1, -0.05) is 145 Å². The van der Waals surface area contributed by atoms with Crippen LogP contribution in [0.3, 0.4) is 0 Å². The number of hydrogen-bond acceptors (Lipinski definition) is 1. The summed E-state index contributed by atoms with van der Waals surface area (Å²) >= 11 is 1.90. The summed E-state index contributed by atoms with van der Waals surface area (Å²) in [6.07, 6.45) is 0. The lowest BCUT2D eigenvalue weighted by molar-refractivity contribution is 0.797. The lowest BCUT2D eigenvalue weighted by atomic mass is 9.68. The summed E-state index contributed by atoms with van der Waals surface area (Å²) in [6, 6.07) is 59.5. The SMILES string of the molecule is c1ccc2c(c1)Sc1cccc3ccc(-c4cccc5c4C4(c6ccccc6-c6cc7ccccc7cc64)c4ccccc4-5)c-2c13. The Hall–Kier alpha value is -5.37. The van der Waals surface area contributed by atoms with Gasteiger partial charge >= 0.3 is 0 Å². The molecule has 1 atom stereocenters. The summed E-state index contributed by atoms with van der Waals surface area (Å²) in [7, 11) is 0. The van der Waals surface area contributed by atoms with Gasteiger partial charge in [-0.25, -0.2) is 0 Å². The van der Waals surface area contributed by atoms with Crippen LogP contribution in [-0.2, 0) is 5.41 Å². The molecule has 1 heteroatoms. The summed E-state index contributed by atoms with van der Waals surface area (Å²) in [5.74, 6) is 0. The van der Waals surface area contributed by atoms with Crippen molar-refractivity contribution < 1.29 is 0 Å². The first kappa shape index (κ1) is 24.9. The second-order valence-corrected chi connectivity index (χ2v) is 13.8. The second-order valence-electron chi connectivity index (χ2n) is 12.8. The zero-order valence-corrected chi connectivity index (χ0v) is 25.7. The molecule has 0 fully saturated rings. The van der Waals surface area contributed by atoms with E-state index >= 15 is 0 Å². The monoisotopic (exact) mass is 598 g/mol. The highest BCUT2D eigenvalue weighted by Crippen LogP contribution is 2.65. The first-order valence-corrected chi connectivity index (χ1v) is 16.8. The third-order valence-electron chi connectivity index (χ3n) is 10.6. The molecule has 0 nitrogen and oxygen atoms in total. The summed E-state index contributed by atoms with van der Waals surface area (Å²) in [5.41, 5.74) is 15.8. The maximum absolute atomic E-state index is 2.49. The van der Waals surface area contributed by atoms with Gasteiger partial charge in [0.1, 0.15) is 0 Å². The van der Waals surface area contributed by atoms with Gasteiger partial charge in [-0.15, -0.1) is 0 Å². The third-order valence-corrected chi connectivity index (χ3v) is 11.8. The maximum Gasteiger partial charge on any atom is 0.0731 e. The quantitative estimate of drug-likeness (QED) is 0.181. The first-order chi connectivity index (χ1) is 22.8. The van der Waals surface area contributed by atoms with Crippen molar-refractivity contribution in [2.24, 2.45) is 0 Å². The largest absolute Gasteiger partial charge is 0.0888 e. The predicted molar refractivity (Wildman–Crippen MR) is 193 cm³/mol. The van der Waals surface area contributed by atoms with E-state index < -0.39 is 5.41 Å². The van der Waals surface area contributed by atoms with Crippen molar-refractivity contribution in [2.75, 3.05) is 0 Å². The Morgan fingerprint density at radius 3 is 1.72 bits per heavy atom. The summed E-state index contributed by atoms with van der Waals surface area (Å²) < 4.78 is 0. The van der Waals surface area contributed by atoms with Crippen molar-refractivity contribution in [3.05, 3.63) is 180 Å². The molecule has 0 bridgehead atoms. The zero-order valence-electron chi connectivity index (χ0n) is 24.9. The van der Waals surface area contributed by atoms with Crippen molar-refractivity contribution in [2.45, 2.75) is 15.2 Å². The van der Waals surface area contributed by atoms with E-state index in [4.69, 9.17) is 0 Å². The van der Waals surface area contributed by atoms with Crippen molar-refractivity contribution in [1.82, 2.24) is 0 Å². The van der Waals surface area contributed by atoms with E-state index in [-0.39, 0.29) is 0 Å². The number of rotatable bonds is 1. The molecule has 11 rings (SSSR count). The van der Waals surface area contributed by atoms with Crippen molar-refractivity contribution in [3.8, 4) is 44.5 Å². The lowest BCUT2D eigenvalue weighted by Gasteiger charge is -2.33. The molecule has 1 aliphatic heterocycles. The van der Waals surface area contributed by atoms with Gasteiger partial charge in [0.05, 0.1) is 5.41 Å². The Bertz CT molecular complexity index is 2630. The molecule has 8 aromatic carbocycles. The Balaban J connectivity index is 1.33. The number of fused-ring (bicyclic) bond motifs is 13. The number of benzene rings is 8. The van der Waals surface area contributed by atoms with E-state index in [1.54, 1.807) is 0 Å².